The number of piperidine rings is 1. The van der Waals surface area contributed by atoms with Gasteiger partial charge in [-0.25, -0.2) is 0 Å². The van der Waals surface area contributed by atoms with Crippen LogP contribution in [-0.2, 0) is 6.54 Å². The molecule has 2 bridgehead atoms. The summed E-state index contributed by atoms with van der Waals surface area (Å²) in [5.74, 6) is 0.359. The lowest BCUT2D eigenvalue weighted by Crippen LogP contribution is -2.48. The predicted octanol–water partition coefficient (Wildman–Crippen LogP) is 3.54. The largest absolute Gasteiger partial charge is 0.508 e. The maximum absolute atomic E-state index is 10.1. The van der Waals surface area contributed by atoms with Crippen LogP contribution in [0.5, 0.6) is 5.75 Å². The van der Waals surface area contributed by atoms with Gasteiger partial charge in [0.1, 0.15) is 5.75 Å². The van der Waals surface area contributed by atoms with Crippen LogP contribution in [0, 0.1) is 0 Å². The first-order valence-electron chi connectivity index (χ1n) is 8.13. The Kier molecular flexibility index (Phi) is 4.72. The van der Waals surface area contributed by atoms with Gasteiger partial charge in [-0.1, -0.05) is 18.5 Å². The Morgan fingerprint density at radius 3 is 2.67 bits per heavy atom. The third kappa shape index (κ3) is 3.53. The van der Waals surface area contributed by atoms with Crippen molar-refractivity contribution in [2.24, 2.45) is 0 Å². The second-order valence-corrected chi connectivity index (χ2v) is 6.94. The van der Waals surface area contributed by atoms with E-state index in [1.807, 2.05) is 6.07 Å². The molecule has 0 aliphatic carbocycles. The molecule has 3 nitrogen and oxygen atoms in total. The van der Waals surface area contributed by atoms with Crippen LogP contribution in [0.2, 0.25) is 5.02 Å². The molecule has 0 spiro atoms. The first-order valence-corrected chi connectivity index (χ1v) is 8.51. The van der Waals surface area contributed by atoms with E-state index in [1.54, 1.807) is 12.1 Å². The summed E-state index contributed by atoms with van der Waals surface area (Å²) in [5, 5.41) is 14.5. The average Bonchev–Trinajstić information content (AvgIpc) is 2.81. The van der Waals surface area contributed by atoms with E-state index in [9.17, 15) is 5.11 Å². The van der Waals surface area contributed by atoms with E-state index in [0.717, 1.165) is 25.1 Å². The molecular formula is C17H25ClN2O. The maximum atomic E-state index is 10.1. The second kappa shape index (κ2) is 6.55. The second-order valence-electron chi connectivity index (χ2n) is 6.51. The molecule has 0 amide bonds. The number of phenolic OH excluding ortho intramolecular Hbond substituents is 1. The number of nitrogens with one attached hydrogen (secondary N) is 1. The van der Waals surface area contributed by atoms with Gasteiger partial charge >= 0.3 is 0 Å². The molecule has 3 rings (SSSR count). The Morgan fingerprint density at radius 1 is 1.29 bits per heavy atom. The van der Waals surface area contributed by atoms with Gasteiger partial charge < -0.3 is 10.4 Å². The van der Waals surface area contributed by atoms with Gasteiger partial charge in [0.25, 0.3) is 0 Å². The number of benzene rings is 1. The standard InChI is InChI=1S/C17H25ClN2O/c1-2-7-20(11-12-8-13(18)3-6-17(12)21)16-9-14-4-5-15(10-16)19-14/h3,6,8,14-16,19,21H,2,4-5,7,9-11H2,1H3. The first kappa shape index (κ1) is 15.1. The molecule has 21 heavy (non-hydrogen) atoms. The molecule has 2 N–H and O–H groups in total. The van der Waals surface area contributed by atoms with Crippen molar-refractivity contribution in [2.75, 3.05) is 6.54 Å². The summed E-state index contributed by atoms with van der Waals surface area (Å²) < 4.78 is 0. The fraction of sp³-hybridized carbons (Fsp3) is 0.647. The highest BCUT2D eigenvalue weighted by Crippen LogP contribution is 2.32. The molecule has 2 unspecified atom stereocenters. The lowest BCUT2D eigenvalue weighted by Gasteiger charge is -2.38. The fourth-order valence-electron chi connectivity index (χ4n) is 3.90. The third-order valence-corrected chi connectivity index (χ3v) is 5.13. The van der Waals surface area contributed by atoms with Crippen molar-refractivity contribution in [1.82, 2.24) is 10.2 Å². The highest BCUT2D eigenvalue weighted by atomic mass is 35.5. The van der Waals surface area contributed by atoms with E-state index in [2.05, 4.69) is 17.1 Å². The average molecular weight is 309 g/mol. The van der Waals surface area contributed by atoms with Crippen molar-refractivity contribution in [3.63, 3.8) is 0 Å². The Bertz CT molecular complexity index is 482. The molecule has 4 heteroatoms. The van der Waals surface area contributed by atoms with Gasteiger partial charge in [0, 0.05) is 35.3 Å². The minimum Gasteiger partial charge on any atom is -0.508 e. The van der Waals surface area contributed by atoms with E-state index >= 15 is 0 Å². The normalized spacial score (nSPS) is 28.2. The number of phenols is 1. The molecule has 2 atom stereocenters. The van der Waals surface area contributed by atoms with E-state index in [-0.39, 0.29) is 0 Å². The number of rotatable bonds is 5. The van der Waals surface area contributed by atoms with Crippen LogP contribution in [0.4, 0.5) is 0 Å². The summed E-state index contributed by atoms with van der Waals surface area (Å²) >= 11 is 6.08. The molecule has 2 fully saturated rings. The summed E-state index contributed by atoms with van der Waals surface area (Å²) in [7, 11) is 0. The van der Waals surface area contributed by atoms with Crippen molar-refractivity contribution in [3.8, 4) is 5.75 Å². The van der Waals surface area contributed by atoms with Crippen molar-refractivity contribution in [1.29, 1.82) is 0 Å². The van der Waals surface area contributed by atoms with Gasteiger partial charge in [-0.2, -0.15) is 0 Å². The molecule has 2 aliphatic rings. The van der Waals surface area contributed by atoms with Gasteiger partial charge in [0.2, 0.25) is 0 Å². The van der Waals surface area contributed by atoms with E-state index < -0.39 is 0 Å². The molecule has 116 valence electrons. The number of fused-ring (bicyclic) bond motifs is 2. The topological polar surface area (TPSA) is 35.5 Å². The number of nitrogens with zero attached hydrogens (tertiary/aromatic N) is 1. The van der Waals surface area contributed by atoms with Gasteiger partial charge in [-0.15, -0.1) is 0 Å². The highest BCUT2D eigenvalue weighted by Gasteiger charge is 2.35. The lowest BCUT2D eigenvalue weighted by atomic mass is 9.97. The zero-order chi connectivity index (χ0) is 14.8. The highest BCUT2D eigenvalue weighted by molar-refractivity contribution is 6.30. The molecule has 1 aromatic carbocycles. The minimum absolute atomic E-state index is 0.359. The van der Waals surface area contributed by atoms with E-state index in [1.165, 1.54) is 25.7 Å². The van der Waals surface area contributed by atoms with Crippen molar-refractivity contribution in [2.45, 2.75) is 63.7 Å². The Hall–Kier alpha value is -0.770. The van der Waals surface area contributed by atoms with E-state index in [4.69, 9.17) is 11.6 Å². The van der Waals surface area contributed by atoms with Crippen LogP contribution < -0.4 is 5.32 Å². The molecule has 0 radical (unpaired) electrons. The quantitative estimate of drug-likeness (QED) is 0.873. The SMILES string of the molecule is CCCN(Cc1cc(Cl)ccc1O)C1CC2CCC(C1)N2. The van der Waals surface area contributed by atoms with E-state index in [0.29, 0.717) is 28.9 Å². The van der Waals surface area contributed by atoms with Crippen LogP contribution in [0.3, 0.4) is 0 Å². The molecule has 2 aliphatic heterocycles. The number of hydrogen-bond donors (Lipinski definition) is 2. The molecule has 1 aromatic rings. The fourth-order valence-corrected chi connectivity index (χ4v) is 4.10. The maximum Gasteiger partial charge on any atom is 0.120 e. The molecule has 2 heterocycles. The monoisotopic (exact) mass is 308 g/mol. The summed E-state index contributed by atoms with van der Waals surface area (Å²) in [6, 6.07) is 7.36. The van der Waals surface area contributed by atoms with Gasteiger partial charge in [0.15, 0.2) is 0 Å². The van der Waals surface area contributed by atoms with Crippen LogP contribution in [0.15, 0.2) is 18.2 Å². The van der Waals surface area contributed by atoms with Crippen molar-refractivity contribution < 1.29 is 5.11 Å². The number of hydrogen-bond acceptors (Lipinski definition) is 3. The lowest BCUT2D eigenvalue weighted by molar-refractivity contribution is 0.133. The molecular weight excluding hydrogens is 284 g/mol. The molecule has 2 saturated heterocycles. The third-order valence-electron chi connectivity index (χ3n) is 4.89. The Morgan fingerprint density at radius 2 is 2.00 bits per heavy atom. The summed E-state index contributed by atoms with van der Waals surface area (Å²) in [5.41, 5.74) is 0.946. The van der Waals surface area contributed by atoms with Crippen molar-refractivity contribution in [3.05, 3.63) is 28.8 Å². The number of aromatic hydroxyl groups is 1. The van der Waals surface area contributed by atoms with Crippen LogP contribution in [0.25, 0.3) is 0 Å². The van der Waals surface area contributed by atoms with Crippen LogP contribution >= 0.6 is 11.6 Å². The van der Waals surface area contributed by atoms with Gasteiger partial charge in [-0.3, -0.25) is 4.90 Å². The van der Waals surface area contributed by atoms with Crippen LogP contribution in [-0.4, -0.2) is 34.7 Å². The summed E-state index contributed by atoms with van der Waals surface area (Å²) in [6.45, 7) is 4.10. The molecule has 0 saturated carbocycles. The number of halogens is 1. The zero-order valence-electron chi connectivity index (χ0n) is 12.7. The van der Waals surface area contributed by atoms with Gasteiger partial charge in [-0.05, 0) is 56.8 Å². The minimum atomic E-state index is 0.359. The van der Waals surface area contributed by atoms with Gasteiger partial charge in [0.05, 0.1) is 0 Å². The zero-order valence-corrected chi connectivity index (χ0v) is 13.4. The Labute approximate surface area is 132 Å². The summed E-state index contributed by atoms with van der Waals surface area (Å²) in [4.78, 5) is 2.54. The first-order chi connectivity index (χ1) is 10.2. The Balaban J connectivity index is 1.73. The molecule has 0 aromatic heterocycles. The summed E-state index contributed by atoms with van der Waals surface area (Å²) in [6.07, 6.45) is 6.25. The van der Waals surface area contributed by atoms with Crippen molar-refractivity contribution >= 4 is 11.6 Å². The van der Waals surface area contributed by atoms with Crippen LogP contribution in [0.1, 0.15) is 44.6 Å². The predicted molar refractivity (Wildman–Crippen MR) is 86.8 cm³/mol. The smallest absolute Gasteiger partial charge is 0.120 e.